The smallest absolute Gasteiger partial charge is 0.321 e. The summed E-state index contributed by atoms with van der Waals surface area (Å²) < 4.78 is 3.14. The summed E-state index contributed by atoms with van der Waals surface area (Å²) >= 11 is 4.76. The second-order valence-corrected chi connectivity index (χ2v) is 7.71. The number of urea groups is 1. The van der Waals surface area contributed by atoms with Gasteiger partial charge in [-0.05, 0) is 23.6 Å². The first-order valence-corrected chi connectivity index (χ1v) is 9.64. The van der Waals surface area contributed by atoms with Gasteiger partial charge in [-0.2, -0.15) is 0 Å². The van der Waals surface area contributed by atoms with E-state index in [0.29, 0.717) is 5.92 Å². The van der Waals surface area contributed by atoms with E-state index in [1.165, 1.54) is 18.8 Å². The van der Waals surface area contributed by atoms with Gasteiger partial charge in [-0.1, -0.05) is 53.7 Å². The molecule has 8 heteroatoms. The summed E-state index contributed by atoms with van der Waals surface area (Å²) in [4.78, 5) is 27.5. The second-order valence-electron chi connectivity index (χ2n) is 5.85. The van der Waals surface area contributed by atoms with E-state index in [0.717, 1.165) is 27.4 Å². The fraction of sp³-hybridized carbons (Fsp3) is 0.353. The first-order chi connectivity index (χ1) is 11.9. The number of amides is 3. The number of hydrogen-bond acceptors (Lipinski definition) is 4. The van der Waals surface area contributed by atoms with Crippen LogP contribution in [0.4, 0.5) is 4.79 Å². The van der Waals surface area contributed by atoms with Crippen molar-refractivity contribution in [2.24, 2.45) is 5.92 Å². The van der Waals surface area contributed by atoms with Gasteiger partial charge in [0.25, 0.3) is 0 Å². The Hall–Kier alpha value is -1.80. The lowest BCUT2D eigenvalue weighted by Gasteiger charge is -2.14. The number of imidazole rings is 1. The number of hydrogen-bond donors (Lipinski definition) is 2. The summed E-state index contributed by atoms with van der Waals surface area (Å²) in [6.45, 7) is 5.07. The summed E-state index contributed by atoms with van der Waals surface area (Å²) in [5.41, 5.74) is 2.08. The van der Waals surface area contributed by atoms with Crippen molar-refractivity contribution in [3.05, 3.63) is 34.9 Å². The van der Waals surface area contributed by atoms with E-state index in [1.807, 2.05) is 30.5 Å². The minimum atomic E-state index is -0.508. The third-order valence-corrected chi connectivity index (χ3v) is 4.84. The molecule has 6 nitrogen and oxygen atoms in total. The summed E-state index contributed by atoms with van der Waals surface area (Å²) in [7, 11) is 1.47. The summed E-state index contributed by atoms with van der Waals surface area (Å²) in [6, 6.07) is 7.54. The number of benzene rings is 1. The molecule has 1 aromatic heterocycles. The van der Waals surface area contributed by atoms with Crippen LogP contribution >= 0.6 is 27.7 Å². The topological polar surface area (TPSA) is 76.0 Å². The molecule has 2 N–H and O–H groups in total. The number of rotatable bonds is 6. The number of imide groups is 1. The molecule has 1 heterocycles. The highest BCUT2D eigenvalue weighted by Gasteiger charge is 2.15. The Bertz CT molecular complexity index is 744. The van der Waals surface area contributed by atoms with Crippen molar-refractivity contribution in [3.8, 4) is 11.3 Å². The number of nitrogens with one attached hydrogen (secondary N) is 2. The van der Waals surface area contributed by atoms with Gasteiger partial charge in [-0.25, -0.2) is 9.78 Å². The number of thioether (sulfide) groups is 1. The first-order valence-electron chi connectivity index (χ1n) is 7.86. The van der Waals surface area contributed by atoms with Gasteiger partial charge in [0, 0.05) is 18.1 Å². The van der Waals surface area contributed by atoms with Crippen molar-refractivity contribution in [3.63, 3.8) is 0 Å². The van der Waals surface area contributed by atoms with Crippen LogP contribution in [0.2, 0.25) is 0 Å². The van der Waals surface area contributed by atoms with Crippen LogP contribution in [0, 0.1) is 5.92 Å². The Kier molecular flexibility index (Phi) is 7.07. The van der Waals surface area contributed by atoms with E-state index in [1.54, 1.807) is 0 Å². The van der Waals surface area contributed by atoms with Gasteiger partial charge >= 0.3 is 6.03 Å². The predicted octanol–water partition coefficient (Wildman–Crippen LogP) is 3.52. The molecule has 134 valence electrons. The predicted molar refractivity (Wildman–Crippen MR) is 104 cm³/mol. The second kappa shape index (κ2) is 9.05. The maximum Gasteiger partial charge on any atom is 0.321 e. The number of carbonyl (C=O) groups is 2. The lowest BCUT2D eigenvalue weighted by molar-refractivity contribution is -0.117. The minimum absolute atomic E-state index is 0.127. The highest BCUT2D eigenvalue weighted by molar-refractivity contribution is 9.10. The van der Waals surface area contributed by atoms with Gasteiger partial charge < -0.3 is 9.88 Å². The van der Waals surface area contributed by atoms with E-state index in [2.05, 4.69) is 50.0 Å². The largest absolute Gasteiger partial charge is 0.341 e. The van der Waals surface area contributed by atoms with Crippen LogP contribution < -0.4 is 10.6 Å². The van der Waals surface area contributed by atoms with Crippen LogP contribution in [0.3, 0.4) is 0 Å². The van der Waals surface area contributed by atoms with E-state index in [4.69, 9.17) is 0 Å². The molecular formula is C17H21BrN4O2S. The molecule has 25 heavy (non-hydrogen) atoms. The molecule has 0 radical (unpaired) electrons. The van der Waals surface area contributed by atoms with E-state index in [9.17, 15) is 9.59 Å². The summed E-state index contributed by atoms with van der Waals surface area (Å²) in [6.07, 6.45) is 1.82. The van der Waals surface area contributed by atoms with Gasteiger partial charge in [0.15, 0.2) is 5.16 Å². The summed E-state index contributed by atoms with van der Waals surface area (Å²) in [5.74, 6) is 0.207. The maximum absolute atomic E-state index is 11.8. The standard InChI is InChI=1S/C17H21BrN4O2S/c1-11(2)9-22-14(12-4-6-13(18)7-5-12)8-20-17(22)25-10-15(23)21-16(24)19-3/h4-8,11H,9-10H2,1-3H3,(H2,19,21,23,24). The molecule has 0 aliphatic carbocycles. The Morgan fingerprint density at radius 3 is 2.56 bits per heavy atom. The lowest BCUT2D eigenvalue weighted by Crippen LogP contribution is -2.38. The zero-order chi connectivity index (χ0) is 18.4. The minimum Gasteiger partial charge on any atom is -0.341 e. The number of nitrogens with zero attached hydrogens (tertiary/aromatic N) is 2. The van der Waals surface area contributed by atoms with Crippen molar-refractivity contribution in [2.75, 3.05) is 12.8 Å². The highest BCUT2D eigenvalue weighted by Crippen LogP contribution is 2.28. The zero-order valence-corrected chi connectivity index (χ0v) is 16.8. The number of halogens is 1. The van der Waals surface area contributed by atoms with Crippen LogP contribution in [-0.2, 0) is 11.3 Å². The van der Waals surface area contributed by atoms with Crippen LogP contribution in [0.5, 0.6) is 0 Å². The Labute approximate surface area is 159 Å². The third kappa shape index (κ3) is 5.61. The van der Waals surface area contributed by atoms with Crippen molar-refractivity contribution in [1.29, 1.82) is 0 Å². The van der Waals surface area contributed by atoms with Gasteiger partial charge in [-0.3, -0.25) is 10.1 Å². The van der Waals surface area contributed by atoms with Gasteiger partial charge in [0.2, 0.25) is 5.91 Å². The summed E-state index contributed by atoms with van der Waals surface area (Å²) in [5, 5.41) is 5.37. The molecule has 0 saturated carbocycles. The van der Waals surface area contributed by atoms with E-state index < -0.39 is 6.03 Å². The van der Waals surface area contributed by atoms with Crippen LogP contribution in [0.15, 0.2) is 40.1 Å². The highest BCUT2D eigenvalue weighted by atomic mass is 79.9. The first kappa shape index (κ1) is 19.5. The maximum atomic E-state index is 11.8. The molecule has 0 atom stereocenters. The van der Waals surface area contributed by atoms with E-state index >= 15 is 0 Å². The fourth-order valence-electron chi connectivity index (χ4n) is 2.22. The molecule has 0 fully saturated rings. The molecule has 0 unspecified atom stereocenters. The molecule has 2 aromatic rings. The lowest BCUT2D eigenvalue weighted by atomic mass is 10.1. The van der Waals surface area contributed by atoms with Crippen LogP contribution in [0.1, 0.15) is 13.8 Å². The van der Waals surface area contributed by atoms with Crippen molar-refractivity contribution in [1.82, 2.24) is 20.2 Å². The van der Waals surface area contributed by atoms with Gasteiger partial charge in [0.05, 0.1) is 17.6 Å². The molecule has 0 bridgehead atoms. The molecule has 0 saturated heterocycles. The molecule has 0 aliphatic heterocycles. The molecule has 0 spiro atoms. The molecule has 2 rings (SSSR count). The Balaban J connectivity index is 2.19. The Morgan fingerprint density at radius 1 is 1.28 bits per heavy atom. The van der Waals surface area contributed by atoms with Gasteiger partial charge in [0.1, 0.15) is 0 Å². The molecule has 3 amide bonds. The normalized spacial score (nSPS) is 10.8. The van der Waals surface area contributed by atoms with Crippen molar-refractivity contribution >= 4 is 39.6 Å². The van der Waals surface area contributed by atoms with E-state index in [-0.39, 0.29) is 11.7 Å². The quantitative estimate of drug-likeness (QED) is 0.695. The fourth-order valence-corrected chi connectivity index (χ4v) is 3.27. The van der Waals surface area contributed by atoms with Crippen molar-refractivity contribution in [2.45, 2.75) is 25.5 Å². The van der Waals surface area contributed by atoms with Crippen LogP contribution in [-0.4, -0.2) is 34.3 Å². The number of aromatic nitrogens is 2. The van der Waals surface area contributed by atoms with Crippen LogP contribution in [0.25, 0.3) is 11.3 Å². The molecule has 1 aromatic carbocycles. The molecular weight excluding hydrogens is 404 g/mol. The number of carbonyl (C=O) groups excluding carboxylic acids is 2. The third-order valence-electron chi connectivity index (χ3n) is 3.32. The van der Waals surface area contributed by atoms with Gasteiger partial charge in [-0.15, -0.1) is 0 Å². The SMILES string of the molecule is CNC(=O)NC(=O)CSc1ncc(-c2ccc(Br)cc2)n1CC(C)C. The monoisotopic (exact) mass is 424 g/mol. The Morgan fingerprint density at radius 2 is 1.96 bits per heavy atom. The average molecular weight is 425 g/mol. The van der Waals surface area contributed by atoms with Crippen molar-refractivity contribution < 1.29 is 9.59 Å². The average Bonchev–Trinajstić information content (AvgIpc) is 2.95. The molecule has 0 aliphatic rings. The zero-order valence-electron chi connectivity index (χ0n) is 14.4.